The number of carbonyl (C=O) groups is 1. The van der Waals surface area contributed by atoms with Crippen LogP contribution in [0.4, 0.5) is 0 Å². The smallest absolute Gasteiger partial charge is 0.287 e. The van der Waals surface area contributed by atoms with Crippen LogP contribution in [0.15, 0.2) is 0 Å². The second kappa shape index (κ2) is 4.33. The molecule has 72 valence electrons. The van der Waals surface area contributed by atoms with Crippen LogP contribution in [0, 0.1) is 0 Å². The van der Waals surface area contributed by atoms with Gasteiger partial charge in [-0.2, -0.15) is 5.48 Å². The van der Waals surface area contributed by atoms with Crippen molar-refractivity contribution in [2.45, 2.75) is 5.79 Å². The van der Waals surface area contributed by atoms with Crippen molar-refractivity contribution in [3.63, 3.8) is 0 Å². The third kappa shape index (κ3) is 1.71. The Bertz CT molecular complexity index is 156. The van der Waals surface area contributed by atoms with Gasteiger partial charge in [0.25, 0.3) is 5.91 Å². The lowest BCUT2D eigenvalue weighted by Gasteiger charge is -2.35. The van der Waals surface area contributed by atoms with Crippen molar-refractivity contribution in [1.29, 1.82) is 0 Å². The Balaban J connectivity index is 4.69. The van der Waals surface area contributed by atoms with Crippen molar-refractivity contribution >= 4 is 5.91 Å². The molecule has 1 unspecified atom stereocenters. The maximum Gasteiger partial charge on any atom is 0.287 e. The lowest BCUT2D eigenvalue weighted by Crippen LogP contribution is -2.72. The summed E-state index contributed by atoms with van der Waals surface area (Å²) in [5.41, 5.74) is 3.76. The summed E-state index contributed by atoms with van der Waals surface area (Å²) in [5, 5.41) is 11.4. The summed E-state index contributed by atoms with van der Waals surface area (Å²) in [4.78, 5) is 12.6. The summed E-state index contributed by atoms with van der Waals surface area (Å²) in [6, 6.07) is 0. The second-order valence-corrected chi connectivity index (χ2v) is 2.44. The molecule has 0 aromatic heterocycles. The van der Waals surface area contributed by atoms with E-state index in [1.165, 1.54) is 11.9 Å². The highest BCUT2D eigenvalue weighted by Gasteiger charge is 2.38. The van der Waals surface area contributed by atoms with Gasteiger partial charge in [0, 0.05) is 0 Å². The number of likely N-dealkylation sites (N-methyl/N-ethyl adjacent to an activating group) is 2. The fraction of sp³-hybridized carbons (Fsp3) is 0.800. The van der Waals surface area contributed by atoms with Crippen molar-refractivity contribution in [1.82, 2.24) is 21.1 Å². The standard InChI is InChI=1S/C5H15N5O2/c1-7-5(9-12,10(2)3)4(11)8-6/h7,9,12H,6H2,1-3H3,(H,8,11). The Kier molecular flexibility index (Phi) is 4.07. The predicted molar refractivity (Wildman–Crippen MR) is 42.7 cm³/mol. The summed E-state index contributed by atoms with van der Waals surface area (Å²) >= 11 is 0. The van der Waals surface area contributed by atoms with Gasteiger partial charge < -0.3 is 5.21 Å². The monoisotopic (exact) mass is 177 g/mol. The van der Waals surface area contributed by atoms with Crippen molar-refractivity contribution in [2.75, 3.05) is 21.1 Å². The highest BCUT2D eigenvalue weighted by Crippen LogP contribution is 2.01. The van der Waals surface area contributed by atoms with Crippen LogP contribution in [0.1, 0.15) is 0 Å². The Morgan fingerprint density at radius 2 is 2.08 bits per heavy atom. The van der Waals surface area contributed by atoms with Crippen molar-refractivity contribution in [2.24, 2.45) is 5.84 Å². The fourth-order valence-electron chi connectivity index (χ4n) is 0.851. The number of carbonyl (C=O) groups excluding carboxylic acids is 1. The van der Waals surface area contributed by atoms with E-state index in [1.807, 2.05) is 10.9 Å². The molecule has 1 atom stereocenters. The molecule has 0 aliphatic rings. The first-order chi connectivity index (χ1) is 5.55. The number of amides is 1. The number of hydrogen-bond donors (Lipinski definition) is 5. The molecular formula is C5H15N5O2. The minimum absolute atomic E-state index is 0.586. The molecule has 0 saturated heterocycles. The van der Waals surface area contributed by atoms with E-state index in [0.29, 0.717) is 0 Å². The SMILES string of the molecule is CNC(NO)(C(=O)NN)N(C)C. The lowest BCUT2D eigenvalue weighted by atomic mass is 10.3. The zero-order valence-electron chi connectivity index (χ0n) is 7.38. The van der Waals surface area contributed by atoms with E-state index in [9.17, 15) is 4.79 Å². The molecule has 0 saturated carbocycles. The van der Waals surface area contributed by atoms with E-state index in [0.717, 1.165) is 0 Å². The molecule has 0 spiro atoms. The second-order valence-electron chi connectivity index (χ2n) is 2.44. The summed E-state index contributed by atoms with van der Waals surface area (Å²) < 4.78 is 0. The van der Waals surface area contributed by atoms with Crippen molar-refractivity contribution < 1.29 is 10.0 Å². The minimum Gasteiger partial charge on any atom is -0.313 e. The average Bonchev–Trinajstić information content (AvgIpc) is 2.06. The molecule has 0 fully saturated rings. The van der Waals surface area contributed by atoms with Gasteiger partial charge in [-0.1, -0.05) is 0 Å². The van der Waals surface area contributed by atoms with Crippen LogP contribution < -0.4 is 22.1 Å². The molecule has 0 aromatic rings. The number of nitrogens with zero attached hydrogens (tertiary/aromatic N) is 1. The van der Waals surface area contributed by atoms with Gasteiger partial charge >= 0.3 is 0 Å². The summed E-state index contributed by atoms with van der Waals surface area (Å²) in [6.45, 7) is 0. The Labute approximate surface area is 70.8 Å². The molecule has 0 aromatic carbocycles. The quantitative estimate of drug-likeness (QED) is 0.139. The molecule has 0 rings (SSSR count). The summed E-state index contributed by atoms with van der Waals surface area (Å²) in [6.07, 6.45) is 0. The van der Waals surface area contributed by atoms with E-state index in [1.54, 1.807) is 14.1 Å². The predicted octanol–water partition coefficient (Wildman–Crippen LogP) is -2.61. The van der Waals surface area contributed by atoms with E-state index < -0.39 is 11.7 Å². The maximum atomic E-state index is 11.2. The zero-order valence-corrected chi connectivity index (χ0v) is 7.38. The third-order valence-electron chi connectivity index (χ3n) is 1.65. The van der Waals surface area contributed by atoms with E-state index in [4.69, 9.17) is 11.0 Å². The number of nitrogens with one attached hydrogen (secondary N) is 3. The maximum absolute atomic E-state index is 11.2. The molecule has 7 nitrogen and oxygen atoms in total. The molecular weight excluding hydrogens is 162 g/mol. The Hall–Kier alpha value is -0.730. The molecule has 12 heavy (non-hydrogen) atoms. The van der Waals surface area contributed by atoms with E-state index in [-0.39, 0.29) is 0 Å². The Morgan fingerprint density at radius 3 is 2.17 bits per heavy atom. The van der Waals surface area contributed by atoms with E-state index in [2.05, 4.69) is 5.32 Å². The molecule has 7 heteroatoms. The number of hydrazine groups is 1. The van der Waals surface area contributed by atoms with Crippen LogP contribution in [0.5, 0.6) is 0 Å². The topological polar surface area (TPSA) is 103 Å². The van der Waals surface area contributed by atoms with Crippen molar-refractivity contribution in [3.05, 3.63) is 0 Å². The molecule has 6 N–H and O–H groups in total. The van der Waals surface area contributed by atoms with Crippen LogP contribution in [0.2, 0.25) is 0 Å². The van der Waals surface area contributed by atoms with Crippen LogP contribution >= 0.6 is 0 Å². The number of hydroxylamine groups is 1. The normalized spacial score (nSPS) is 15.8. The van der Waals surface area contributed by atoms with Gasteiger partial charge in [0.1, 0.15) is 0 Å². The van der Waals surface area contributed by atoms with Gasteiger partial charge in [0.05, 0.1) is 0 Å². The first-order valence-electron chi connectivity index (χ1n) is 3.33. The van der Waals surface area contributed by atoms with Gasteiger partial charge in [-0.05, 0) is 21.1 Å². The average molecular weight is 177 g/mol. The number of rotatable bonds is 4. The summed E-state index contributed by atoms with van der Waals surface area (Å²) in [7, 11) is 4.72. The lowest BCUT2D eigenvalue weighted by molar-refractivity contribution is -0.146. The van der Waals surface area contributed by atoms with Crippen molar-refractivity contribution in [3.8, 4) is 0 Å². The largest absolute Gasteiger partial charge is 0.313 e. The van der Waals surface area contributed by atoms with Gasteiger partial charge in [0.2, 0.25) is 5.79 Å². The van der Waals surface area contributed by atoms with Crippen LogP contribution in [-0.2, 0) is 4.79 Å². The third-order valence-corrected chi connectivity index (χ3v) is 1.65. The highest BCUT2D eigenvalue weighted by atomic mass is 16.5. The number of hydrogen-bond acceptors (Lipinski definition) is 6. The Morgan fingerprint density at radius 1 is 1.58 bits per heavy atom. The molecule has 0 radical (unpaired) electrons. The highest BCUT2D eigenvalue weighted by molar-refractivity contribution is 5.84. The van der Waals surface area contributed by atoms with Gasteiger partial charge in [0.15, 0.2) is 0 Å². The number of nitrogens with two attached hydrogens (primary N) is 1. The summed E-state index contributed by atoms with van der Waals surface area (Å²) in [5.74, 6) is 2.95. The fourth-order valence-corrected chi connectivity index (χ4v) is 0.851. The van der Waals surface area contributed by atoms with Crippen LogP contribution in [-0.4, -0.2) is 42.9 Å². The van der Waals surface area contributed by atoms with Gasteiger partial charge in [-0.15, -0.1) is 0 Å². The molecule has 0 aliphatic carbocycles. The van der Waals surface area contributed by atoms with Gasteiger partial charge in [-0.3, -0.25) is 20.4 Å². The zero-order chi connectivity index (χ0) is 9.78. The molecule has 0 aliphatic heterocycles. The van der Waals surface area contributed by atoms with Crippen LogP contribution in [0.3, 0.4) is 0 Å². The minimum atomic E-state index is -1.39. The first kappa shape index (κ1) is 11.3. The molecule has 1 amide bonds. The molecule has 0 heterocycles. The molecule has 0 bridgehead atoms. The van der Waals surface area contributed by atoms with E-state index >= 15 is 0 Å². The van der Waals surface area contributed by atoms with Crippen LogP contribution in [0.25, 0.3) is 0 Å². The van der Waals surface area contributed by atoms with Gasteiger partial charge in [-0.25, -0.2) is 5.84 Å². The first-order valence-corrected chi connectivity index (χ1v) is 3.33.